The predicted octanol–water partition coefficient (Wildman–Crippen LogP) is 5.31. The summed E-state index contributed by atoms with van der Waals surface area (Å²) in [4.78, 5) is 2.26. The van der Waals surface area contributed by atoms with Gasteiger partial charge >= 0.3 is 0 Å². The molecule has 3 rings (SSSR count). The monoisotopic (exact) mass is 468 g/mol. The van der Waals surface area contributed by atoms with Gasteiger partial charge < -0.3 is 24.9 Å². The second-order valence-electron chi connectivity index (χ2n) is 7.25. The van der Waals surface area contributed by atoms with Gasteiger partial charge in [0.25, 0.3) is 0 Å². The van der Waals surface area contributed by atoms with Crippen LogP contribution >= 0.6 is 0 Å². The molecule has 7 heteroatoms. The van der Waals surface area contributed by atoms with E-state index in [1.807, 2.05) is 19.1 Å². The molecule has 0 amide bonds. The Kier molecular flexibility index (Phi) is 9.80. The Morgan fingerprint density at radius 3 is 2.39 bits per heavy atom. The van der Waals surface area contributed by atoms with E-state index in [2.05, 4.69) is 37.8 Å². The summed E-state index contributed by atoms with van der Waals surface area (Å²) in [6.07, 6.45) is 3.25. The minimum Gasteiger partial charge on any atom is -0.497 e. The molecule has 3 N–H and O–H groups in total. The van der Waals surface area contributed by atoms with Crippen molar-refractivity contribution in [2.45, 2.75) is 33.1 Å². The fourth-order valence-corrected chi connectivity index (χ4v) is 3.64. The Balaban J connectivity index is 0.000000324. The van der Waals surface area contributed by atoms with Crippen LogP contribution in [0.15, 0.2) is 54.2 Å². The molecule has 31 heavy (non-hydrogen) atoms. The Bertz CT molecular complexity index is 941. The molecule has 0 unspecified atom stereocenters. The van der Waals surface area contributed by atoms with Gasteiger partial charge in [-0.15, -0.1) is 0 Å². The summed E-state index contributed by atoms with van der Waals surface area (Å²) in [5.74, 6) is 0.973. The van der Waals surface area contributed by atoms with Crippen LogP contribution in [0.4, 0.5) is 5.69 Å². The zero-order valence-electron chi connectivity index (χ0n) is 18.7. The van der Waals surface area contributed by atoms with E-state index in [1.165, 1.54) is 23.2 Å². The van der Waals surface area contributed by atoms with Crippen molar-refractivity contribution in [3.05, 3.63) is 65.4 Å². The Hall–Kier alpha value is -2.77. The van der Waals surface area contributed by atoms with E-state index in [4.69, 9.17) is 25.4 Å². The van der Waals surface area contributed by atoms with Crippen molar-refractivity contribution in [1.29, 1.82) is 10.8 Å². The Morgan fingerprint density at radius 1 is 1.16 bits per heavy atom. The fraction of sp³-hybridized carbons (Fsp3) is 0.333. The summed E-state index contributed by atoms with van der Waals surface area (Å²) in [6, 6.07) is 13.1. The zero-order valence-corrected chi connectivity index (χ0v) is 19.7. The topological polar surface area (TPSA) is 89.6 Å². The van der Waals surface area contributed by atoms with Gasteiger partial charge in [0.2, 0.25) is 5.90 Å². The normalized spacial score (nSPS) is 14.6. The van der Waals surface area contributed by atoms with Crippen LogP contribution in [-0.2, 0) is 22.2 Å². The maximum atomic E-state index is 8.93. The largest absolute Gasteiger partial charge is 0.497 e. The van der Waals surface area contributed by atoms with E-state index in [1.54, 1.807) is 31.4 Å². The number of anilines is 1. The Labute approximate surface area is 195 Å². The number of methoxy groups -OCH3 is 1. The molecule has 0 fully saturated rings. The number of aliphatic hydroxyl groups excluding tert-OH is 1. The van der Waals surface area contributed by atoms with E-state index in [9.17, 15) is 0 Å². The summed E-state index contributed by atoms with van der Waals surface area (Å²) >= 11 is 0. The quantitative estimate of drug-likeness (QED) is 0.396. The number of hydrogen-bond donors (Lipinski definition) is 3. The van der Waals surface area contributed by atoms with Crippen molar-refractivity contribution in [1.82, 2.24) is 0 Å². The number of para-hydroxylation sites is 1. The van der Waals surface area contributed by atoms with Gasteiger partial charge in [-0.05, 0) is 55.8 Å². The van der Waals surface area contributed by atoms with Gasteiger partial charge in [0, 0.05) is 46.3 Å². The van der Waals surface area contributed by atoms with Crippen molar-refractivity contribution in [2.24, 2.45) is 0 Å². The number of ether oxygens (including phenoxy) is 2. The van der Waals surface area contributed by atoms with Crippen LogP contribution in [0.1, 0.15) is 38.8 Å². The molecule has 1 radical (unpaired) electrons. The first kappa shape index (κ1) is 26.3. The average molecular weight is 468 g/mol. The second-order valence-corrected chi connectivity index (χ2v) is 7.25. The maximum Gasteiger partial charge on any atom is 0.214 e. The van der Waals surface area contributed by atoms with Crippen molar-refractivity contribution in [3.8, 4) is 11.5 Å². The van der Waals surface area contributed by atoms with Gasteiger partial charge in [0.05, 0.1) is 19.3 Å². The van der Waals surface area contributed by atoms with Crippen molar-refractivity contribution in [3.63, 3.8) is 0 Å². The first-order valence-electron chi connectivity index (χ1n) is 9.98. The zero-order chi connectivity index (χ0) is 22.3. The third-order valence-corrected chi connectivity index (χ3v) is 5.10. The van der Waals surface area contributed by atoms with Gasteiger partial charge in [-0.2, -0.15) is 0 Å². The molecular formula is C24H31CoN3O3. The predicted molar refractivity (Wildman–Crippen MR) is 123 cm³/mol. The summed E-state index contributed by atoms with van der Waals surface area (Å²) in [5.41, 5.74) is 3.99. The van der Waals surface area contributed by atoms with Gasteiger partial charge in [0.15, 0.2) is 0 Å². The molecule has 0 bridgehead atoms. The van der Waals surface area contributed by atoms with E-state index >= 15 is 0 Å². The number of allylic oxidation sites excluding steroid dienone is 2. The van der Waals surface area contributed by atoms with Gasteiger partial charge in [0.1, 0.15) is 11.5 Å². The molecule has 1 aliphatic heterocycles. The summed E-state index contributed by atoms with van der Waals surface area (Å²) in [6.45, 7) is 9.81. The van der Waals surface area contributed by atoms with Crippen LogP contribution in [-0.4, -0.2) is 37.5 Å². The average Bonchev–Trinajstić information content (AvgIpc) is 2.95. The number of nitrogens with zero attached hydrogens (tertiary/aromatic N) is 1. The molecule has 0 spiro atoms. The SMILES string of the molecule is CCN1/C(=C\C=N)C(C)(C)c2cc(OC)ccc21.CCOc1ccccc1C(=N)O.[Co]. The standard InChI is InChI=1S/C15H20N2O.C9H11NO2.Co/c1-5-17-13-7-6-11(18-4)10-12(13)15(2,3)14(17)8-9-16;1-2-12-8-6-4-3-5-7(8)9(10)11;/h6-10,16H,5H2,1-4H3;3-6H,2H2,1H3,(H2,10,11);/b14-8-,16-9?;;. The number of rotatable bonds is 6. The number of likely N-dealkylation sites (N-methyl/N-ethyl adjacent to an activating group) is 1. The first-order valence-corrected chi connectivity index (χ1v) is 9.98. The van der Waals surface area contributed by atoms with Gasteiger partial charge in [-0.25, -0.2) is 0 Å². The molecule has 0 saturated heterocycles. The van der Waals surface area contributed by atoms with E-state index in [-0.39, 0.29) is 22.2 Å². The number of benzene rings is 2. The van der Waals surface area contributed by atoms with Crippen molar-refractivity contribution >= 4 is 17.8 Å². The first-order chi connectivity index (χ1) is 14.3. The van der Waals surface area contributed by atoms with Crippen molar-refractivity contribution in [2.75, 3.05) is 25.2 Å². The summed E-state index contributed by atoms with van der Waals surface area (Å²) in [7, 11) is 1.69. The molecule has 169 valence electrons. The van der Waals surface area contributed by atoms with Crippen LogP contribution in [0, 0.1) is 10.8 Å². The molecule has 0 saturated carbocycles. The third kappa shape index (κ3) is 5.68. The van der Waals surface area contributed by atoms with Crippen LogP contribution in [0.3, 0.4) is 0 Å². The molecular weight excluding hydrogens is 437 g/mol. The molecule has 6 nitrogen and oxygen atoms in total. The minimum atomic E-state index is -0.459. The van der Waals surface area contributed by atoms with Crippen LogP contribution < -0.4 is 14.4 Å². The smallest absolute Gasteiger partial charge is 0.214 e. The third-order valence-electron chi connectivity index (χ3n) is 5.10. The van der Waals surface area contributed by atoms with E-state index in [0.29, 0.717) is 17.9 Å². The van der Waals surface area contributed by atoms with Crippen LogP contribution in [0.5, 0.6) is 11.5 Å². The molecule has 2 aromatic rings. The van der Waals surface area contributed by atoms with E-state index < -0.39 is 5.90 Å². The van der Waals surface area contributed by atoms with Gasteiger partial charge in [-0.3, -0.25) is 5.41 Å². The fourth-order valence-electron chi connectivity index (χ4n) is 3.64. The number of nitrogens with one attached hydrogen (secondary N) is 2. The van der Waals surface area contributed by atoms with E-state index in [0.717, 1.165) is 12.3 Å². The molecule has 0 atom stereocenters. The molecule has 2 aromatic carbocycles. The maximum absolute atomic E-state index is 8.93. The second kappa shape index (κ2) is 11.6. The van der Waals surface area contributed by atoms with Crippen LogP contribution in [0.2, 0.25) is 0 Å². The summed E-state index contributed by atoms with van der Waals surface area (Å²) < 4.78 is 10.5. The number of fused-ring (bicyclic) bond motifs is 1. The Morgan fingerprint density at radius 2 is 1.84 bits per heavy atom. The number of aliphatic hydroxyl groups is 1. The van der Waals surface area contributed by atoms with Gasteiger partial charge in [-0.1, -0.05) is 26.0 Å². The molecule has 1 heterocycles. The summed E-state index contributed by atoms with van der Waals surface area (Å²) in [5, 5.41) is 23.3. The minimum absolute atomic E-state index is 0. The molecule has 0 aromatic heterocycles. The number of hydrogen-bond acceptors (Lipinski definition) is 5. The molecule has 1 aliphatic rings. The molecule has 0 aliphatic carbocycles. The van der Waals surface area contributed by atoms with Crippen molar-refractivity contribution < 1.29 is 31.4 Å². The van der Waals surface area contributed by atoms with Crippen LogP contribution in [0.25, 0.3) is 0 Å².